The van der Waals surface area contributed by atoms with Crippen molar-refractivity contribution >= 4 is 5.82 Å². The molecule has 0 bridgehead atoms. The lowest BCUT2D eigenvalue weighted by Gasteiger charge is -2.27. The zero-order valence-electron chi connectivity index (χ0n) is 10.9. The first-order chi connectivity index (χ1) is 8.24. The Morgan fingerprint density at radius 1 is 1.41 bits per heavy atom. The van der Waals surface area contributed by atoms with E-state index in [9.17, 15) is 0 Å². The number of pyridine rings is 1. The maximum atomic E-state index is 5.93. The van der Waals surface area contributed by atoms with Gasteiger partial charge in [-0.3, -0.25) is 0 Å². The minimum atomic E-state index is 0.110. The summed E-state index contributed by atoms with van der Waals surface area (Å²) < 4.78 is 5.77. The number of hydrogen-bond acceptors (Lipinski definition) is 4. The Morgan fingerprint density at radius 2 is 2.18 bits per heavy atom. The first kappa shape index (κ1) is 13.9. The van der Waals surface area contributed by atoms with E-state index in [0.717, 1.165) is 18.5 Å². The SMILES string of the molecule is CCNC(c1cccnc1N)C(CC)OCC. The summed E-state index contributed by atoms with van der Waals surface area (Å²) in [5.74, 6) is 0.580. The molecule has 0 saturated carbocycles. The highest BCUT2D eigenvalue weighted by Gasteiger charge is 2.23. The molecule has 0 aliphatic heterocycles. The molecule has 0 aromatic carbocycles. The Morgan fingerprint density at radius 3 is 2.71 bits per heavy atom. The molecule has 2 atom stereocenters. The zero-order valence-corrected chi connectivity index (χ0v) is 10.9. The van der Waals surface area contributed by atoms with Gasteiger partial charge < -0.3 is 15.8 Å². The van der Waals surface area contributed by atoms with Gasteiger partial charge in [0.05, 0.1) is 12.1 Å². The predicted octanol–water partition coefficient (Wildman–Crippen LogP) is 2.13. The number of anilines is 1. The molecule has 0 spiro atoms. The first-order valence-electron chi connectivity index (χ1n) is 6.29. The van der Waals surface area contributed by atoms with Crippen molar-refractivity contribution in [1.82, 2.24) is 10.3 Å². The molecule has 0 amide bonds. The number of hydrogen-bond donors (Lipinski definition) is 2. The normalized spacial score (nSPS) is 14.5. The lowest BCUT2D eigenvalue weighted by Crippen LogP contribution is -2.34. The number of nitrogens with zero attached hydrogens (tertiary/aromatic N) is 1. The van der Waals surface area contributed by atoms with Crippen LogP contribution in [0.5, 0.6) is 0 Å². The van der Waals surface area contributed by atoms with Gasteiger partial charge in [0, 0.05) is 18.4 Å². The molecule has 96 valence electrons. The Kier molecular flexibility index (Phi) is 5.94. The number of ether oxygens (including phenoxy) is 1. The lowest BCUT2D eigenvalue weighted by molar-refractivity contribution is 0.0319. The topological polar surface area (TPSA) is 60.2 Å². The Balaban J connectivity index is 2.94. The van der Waals surface area contributed by atoms with E-state index in [2.05, 4.69) is 24.1 Å². The molecule has 0 saturated heterocycles. The maximum Gasteiger partial charge on any atom is 0.128 e. The van der Waals surface area contributed by atoms with Crippen LogP contribution in [-0.2, 0) is 4.74 Å². The van der Waals surface area contributed by atoms with Crippen molar-refractivity contribution in [2.45, 2.75) is 39.3 Å². The third-order valence-corrected chi connectivity index (χ3v) is 2.79. The van der Waals surface area contributed by atoms with Gasteiger partial charge in [-0.05, 0) is 26.0 Å². The molecule has 2 unspecified atom stereocenters. The van der Waals surface area contributed by atoms with E-state index in [1.54, 1.807) is 6.20 Å². The minimum absolute atomic E-state index is 0.110. The number of nitrogen functional groups attached to an aromatic ring is 1. The fourth-order valence-electron chi connectivity index (χ4n) is 2.02. The highest BCUT2D eigenvalue weighted by molar-refractivity contribution is 5.41. The second-order valence-corrected chi connectivity index (χ2v) is 3.92. The summed E-state index contributed by atoms with van der Waals surface area (Å²) in [5.41, 5.74) is 6.96. The highest BCUT2D eigenvalue weighted by atomic mass is 16.5. The molecule has 17 heavy (non-hydrogen) atoms. The van der Waals surface area contributed by atoms with Crippen LogP contribution in [0.4, 0.5) is 5.82 Å². The van der Waals surface area contributed by atoms with E-state index in [-0.39, 0.29) is 12.1 Å². The summed E-state index contributed by atoms with van der Waals surface area (Å²) in [4.78, 5) is 4.14. The van der Waals surface area contributed by atoms with Gasteiger partial charge in [-0.1, -0.05) is 19.9 Å². The van der Waals surface area contributed by atoms with Crippen molar-refractivity contribution in [3.63, 3.8) is 0 Å². The second kappa shape index (κ2) is 7.25. The van der Waals surface area contributed by atoms with Gasteiger partial charge in [-0.25, -0.2) is 4.98 Å². The molecule has 1 aromatic rings. The summed E-state index contributed by atoms with van der Waals surface area (Å²) in [6.07, 6.45) is 2.79. The molecule has 4 nitrogen and oxygen atoms in total. The van der Waals surface area contributed by atoms with Crippen molar-refractivity contribution in [2.75, 3.05) is 18.9 Å². The van der Waals surface area contributed by atoms with Crippen molar-refractivity contribution in [3.8, 4) is 0 Å². The highest BCUT2D eigenvalue weighted by Crippen LogP contribution is 2.24. The monoisotopic (exact) mass is 237 g/mol. The average molecular weight is 237 g/mol. The lowest BCUT2D eigenvalue weighted by atomic mass is 10.00. The standard InChI is InChI=1S/C13H23N3O/c1-4-11(17-6-3)12(15-5-2)10-8-7-9-16-13(10)14/h7-9,11-12,15H,4-6H2,1-3H3,(H2,14,16). The van der Waals surface area contributed by atoms with Crippen molar-refractivity contribution in [1.29, 1.82) is 0 Å². The molecular weight excluding hydrogens is 214 g/mol. The van der Waals surface area contributed by atoms with E-state index < -0.39 is 0 Å². The molecule has 1 aromatic heterocycles. The molecule has 3 N–H and O–H groups in total. The fourth-order valence-corrected chi connectivity index (χ4v) is 2.02. The van der Waals surface area contributed by atoms with Gasteiger partial charge in [0.25, 0.3) is 0 Å². The smallest absolute Gasteiger partial charge is 0.128 e. The minimum Gasteiger partial charge on any atom is -0.383 e. The van der Waals surface area contributed by atoms with E-state index in [4.69, 9.17) is 10.5 Å². The number of likely N-dealkylation sites (N-methyl/N-ethyl adjacent to an activating group) is 1. The van der Waals surface area contributed by atoms with Crippen LogP contribution in [-0.4, -0.2) is 24.2 Å². The predicted molar refractivity (Wildman–Crippen MR) is 70.8 cm³/mol. The van der Waals surface area contributed by atoms with Gasteiger partial charge in [0.2, 0.25) is 0 Å². The van der Waals surface area contributed by atoms with E-state index in [0.29, 0.717) is 12.4 Å². The van der Waals surface area contributed by atoms with Crippen LogP contribution in [0, 0.1) is 0 Å². The van der Waals surface area contributed by atoms with Crippen LogP contribution in [0.2, 0.25) is 0 Å². The van der Waals surface area contributed by atoms with Crippen LogP contribution in [0.25, 0.3) is 0 Å². The molecule has 4 heteroatoms. The molecule has 0 radical (unpaired) electrons. The third kappa shape index (κ3) is 3.68. The Hall–Kier alpha value is -1.13. The Labute approximate surface area is 104 Å². The van der Waals surface area contributed by atoms with Gasteiger partial charge in [0.15, 0.2) is 0 Å². The summed E-state index contributed by atoms with van der Waals surface area (Å²) in [6.45, 7) is 7.80. The van der Waals surface area contributed by atoms with Crippen LogP contribution in [0.3, 0.4) is 0 Å². The summed E-state index contributed by atoms with van der Waals surface area (Å²) in [5, 5.41) is 3.43. The molecule has 0 aliphatic rings. The first-order valence-corrected chi connectivity index (χ1v) is 6.29. The average Bonchev–Trinajstić information content (AvgIpc) is 2.34. The van der Waals surface area contributed by atoms with Gasteiger partial charge >= 0.3 is 0 Å². The van der Waals surface area contributed by atoms with Crippen LogP contribution >= 0.6 is 0 Å². The van der Waals surface area contributed by atoms with Gasteiger partial charge in [0.1, 0.15) is 5.82 Å². The van der Waals surface area contributed by atoms with Crippen molar-refractivity contribution in [2.24, 2.45) is 0 Å². The Bertz CT molecular complexity index is 330. The van der Waals surface area contributed by atoms with E-state index >= 15 is 0 Å². The van der Waals surface area contributed by atoms with Crippen LogP contribution in [0.1, 0.15) is 38.8 Å². The van der Waals surface area contributed by atoms with Gasteiger partial charge in [-0.2, -0.15) is 0 Å². The number of nitrogens with one attached hydrogen (secondary N) is 1. The quantitative estimate of drug-likeness (QED) is 0.762. The van der Waals surface area contributed by atoms with Crippen molar-refractivity contribution < 1.29 is 4.74 Å². The van der Waals surface area contributed by atoms with E-state index in [1.807, 2.05) is 19.1 Å². The molecule has 0 aliphatic carbocycles. The largest absolute Gasteiger partial charge is 0.383 e. The molecule has 0 fully saturated rings. The second-order valence-electron chi connectivity index (χ2n) is 3.92. The molecule has 1 rings (SSSR count). The molecular formula is C13H23N3O. The van der Waals surface area contributed by atoms with Crippen LogP contribution in [0.15, 0.2) is 18.3 Å². The summed E-state index contributed by atoms with van der Waals surface area (Å²) in [7, 11) is 0. The summed E-state index contributed by atoms with van der Waals surface area (Å²) >= 11 is 0. The number of rotatable bonds is 7. The molecule has 1 heterocycles. The maximum absolute atomic E-state index is 5.93. The summed E-state index contributed by atoms with van der Waals surface area (Å²) in [6, 6.07) is 4.03. The third-order valence-electron chi connectivity index (χ3n) is 2.79. The zero-order chi connectivity index (χ0) is 12.7. The number of nitrogens with two attached hydrogens (primary N) is 1. The van der Waals surface area contributed by atoms with Gasteiger partial charge in [-0.15, -0.1) is 0 Å². The number of aromatic nitrogens is 1. The fraction of sp³-hybridized carbons (Fsp3) is 0.615. The van der Waals surface area contributed by atoms with Crippen LogP contribution < -0.4 is 11.1 Å². The van der Waals surface area contributed by atoms with E-state index in [1.165, 1.54) is 0 Å². The van der Waals surface area contributed by atoms with Crippen molar-refractivity contribution in [3.05, 3.63) is 23.9 Å².